The number of benzene rings is 1. The molecule has 1 heterocycles. The first-order chi connectivity index (χ1) is 10.1. The highest BCUT2D eigenvalue weighted by molar-refractivity contribution is 6.33. The summed E-state index contributed by atoms with van der Waals surface area (Å²) in [6, 6.07) is 3.85. The summed E-state index contributed by atoms with van der Waals surface area (Å²) >= 11 is 5.96. The van der Waals surface area contributed by atoms with Crippen molar-refractivity contribution in [2.45, 2.75) is 31.4 Å². The molecule has 5 nitrogen and oxygen atoms in total. The third-order valence-electron chi connectivity index (χ3n) is 3.51. The third kappa shape index (κ3) is 3.07. The molecule has 0 bridgehead atoms. The smallest absolute Gasteiger partial charge is 0.262 e. The number of rotatable bonds is 5. The molecule has 2 aromatic rings. The SMILES string of the molecule is NC(COC1CCC1)c1noc(-c2c(F)cccc2Cl)n1. The van der Waals surface area contributed by atoms with Crippen LogP contribution in [-0.4, -0.2) is 22.9 Å². The summed E-state index contributed by atoms with van der Waals surface area (Å²) in [6.07, 6.45) is 3.60. The monoisotopic (exact) mass is 311 g/mol. The molecule has 0 amide bonds. The fraction of sp³-hybridized carbons (Fsp3) is 0.429. The first-order valence-corrected chi connectivity index (χ1v) is 7.18. The second-order valence-corrected chi connectivity index (χ2v) is 5.45. The van der Waals surface area contributed by atoms with Gasteiger partial charge in [0.05, 0.1) is 29.3 Å². The Bertz CT molecular complexity index is 610. The van der Waals surface area contributed by atoms with Crippen molar-refractivity contribution in [2.24, 2.45) is 5.73 Å². The summed E-state index contributed by atoms with van der Waals surface area (Å²) in [7, 11) is 0. The zero-order chi connectivity index (χ0) is 14.8. The molecule has 1 aliphatic rings. The highest BCUT2D eigenvalue weighted by atomic mass is 35.5. The molecule has 1 atom stereocenters. The number of nitrogens with zero attached hydrogens (tertiary/aromatic N) is 2. The van der Waals surface area contributed by atoms with E-state index in [0.717, 1.165) is 12.8 Å². The van der Waals surface area contributed by atoms with E-state index in [0.29, 0.717) is 6.61 Å². The van der Waals surface area contributed by atoms with E-state index >= 15 is 0 Å². The van der Waals surface area contributed by atoms with E-state index in [1.54, 1.807) is 6.07 Å². The minimum absolute atomic E-state index is 0.0206. The van der Waals surface area contributed by atoms with E-state index < -0.39 is 11.9 Å². The van der Waals surface area contributed by atoms with Gasteiger partial charge in [-0.3, -0.25) is 0 Å². The second kappa shape index (κ2) is 6.09. The number of hydrogen-bond acceptors (Lipinski definition) is 5. The average molecular weight is 312 g/mol. The largest absolute Gasteiger partial charge is 0.376 e. The maximum atomic E-state index is 13.8. The van der Waals surface area contributed by atoms with Gasteiger partial charge in [0.15, 0.2) is 5.82 Å². The minimum atomic E-state index is -0.517. The van der Waals surface area contributed by atoms with Crippen molar-refractivity contribution >= 4 is 11.6 Å². The number of halogens is 2. The van der Waals surface area contributed by atoms with Crippen LogP contribution in [0, 0.1) is 5.82 Å². The van der Waals surface area contributed by atoms with Gasteiger partial charge in [-0.2, -0.15) is 4.98 Å². The Morgan fingerprint density at radius 3 is 2.95 bits per heavy atom. The number of aromatic nitrogens is 2. The van der Waals surface area contributed by atoms with Crippen molar-refractivity contribution < 1.29 is 13.7 Å². The van der Waals surface area contributed by atoms with Gasteiger partial charge in [0.1, 0.15) is 5.82 Å². The Labute approximate surface area is 126 Å². The summed E-state index contributed by atoms with van der Waals surface area (Å²) in [5.41, 5.74) is 6.04. The Morgan fingerprint density at radius 1 is 1.48 bits per heavy atom. The van der Waals surface area contributed by atoms with Gasteiger partial charge in [0.2, 0.25) is 0 Å². The topological polar surface area (TPSA) is 74.2 Å². The van der Waals surface area contributed by atoms with Crippen LogP contribution < -0.4 is 5.73 Å². The van der Waals surface area contributed by atoms with Crippen molar-refractivity contribution in [2.75, 3.05) is 6.61 Å². The molecule has 1 fully saturated rings. The summed E-state index contributed by atoms with van der Waals surface area (Å²) in [5, 5.41) is 3.99. The van der Waals surface area contributed by atoms with E-state index in [4.69, 9.17) is 26.6 Å². The van der Waals surface area contributed by atoms with Gasteiger partial charge in [-0.15, -0.1) is 0 Å². The standard InChI is InChI=1S/C14H15ClFN3O2/c15-9-5-2-6-10(16)12(9)14-18-13(19-21-14)11(17)7-20-8-3-1-4-8/h2,5-6,8,11H,1,3-4,7,17H2. The molecule has 1 aliphatic carbocycles. The lowest BCUT2D eigenvalue weighted by Gasteiger charge is -2.26. The highest BCUT2D eigenvalue weighted by Crippen LogP contribution is 2.30. The lowest BCUT2D eigenvalue weighted by Crippen LogP contribution is -2.27. The third-order valence-corrected chi connectivity index (χ3v) is 3.83. The molecule has 7 heteroatoms. The first-order valence-electron chi connectivity index (χ1n) is 6.80. The van der Waals surface area contributed by atoms with Gasteiger partial charge in [-0.25, -0.2) is 4.39 Å². The fourth-order valence-electron chi connectivity index (χ4n) is 2.04. The predicted octanol–water partition coefficient (Wildman–Crippen LogP) is 3.10. The van der Waals surface area contributed by atoms with Crippen molar-refractivity contribution in [3.05, 3.63) is 34.9 Å². The van der Waals surface area contributed by atoms with Gasteiger partial charge >= 0.3 is 0 Å². The van der Waals surface area contributed by atoms with Crippen LogP contribution in [0.15, 0.2) is 22.7 Å². The molecule has 3 rings (SSSR count). The molecule has 21 heavy (non-hydrogen) atoms. The van der Waals surface area contributed by atoms with E-state index in [2.05, 4.69) is 10.1 Å². The quantitative estimate of drug-likeness (QED) is 0.918. The van der Waals surface area contributed by atoms with E-state index in [1.807, 2.05) is 0 Å². The highest BCUT2D eigenvalue weighted by Gasteiger charge is 2.23. The van der Waals surface area contributed by atoms with Crippen LogP contribution in [0.5, 0.6) is 0 Å². The Morgan fingerprint density at radius 2 is 2.29 bits per heavy atom. The normalized spacial score (nSPS) is 16.7. The van der Waals surface area contributed by atoms with Crippen LogP contribution in [0.2, 0.25) is 5.02 Å². The van der Waals surface area contributed by atoms with Crippen LogP contribution in [0.25, 0.3) is 11.5 Å². The van der Waals surface area contributed by atoms with Crippen LogP contribution in [-0.2, 0) is 4.74 Å². The molecule has 0 aliphatic heterocycles. The van der Waals surface area contributed by atoms with E-state index in [1.165, 1.54) is 18.6 Å². The average Bonchev–Trinajstić information content (AvgIpc) is 2.86. The predicted molar refractivity (Wildman–Crippen MR) is 75.2 cm³/mol. The van der Waals surface area contributed by atoms with Gasteiger partial charge < -0.3 is 15.0 Å². The lowest BCUT2D eigenvalue weighted by atomic mass is 9.96. The van der Waals surface area contributed by atoms with Crippen molar-refractivity contribution in [1.82, 2.24) is 10.1 Å². The van der Waals surface area contributed by atoms with E-state index in [9.17, 15) is 4.39 Å². The number of hydrogen-bond donors (Lipinski definition) is 1. The van der Waals surface area contributed by atoms with Gasteiger partial charge in [0, 0.05) is 0 Å². The molecule has 0 spiro atoms. The lowest BCUT2D eigenvalue weighted by molar-refractivity contribution is -0.00549. The van der Waals surface area contributed by atoms with Gasteiger partial charge in [0.25, 0.3) is 5.89 Å². The molecular formula is C14H15ClFN3O2. The van der Waals surface area contributed by atoms with Crippen molar-refractivity contribution in [3.63, 3.8) is 0 Å². The maximum absolute atomic E-state index is 13.8. The molecule has 1 aromatic heterocycles. The van der Waals surface area contributed by atoms with Crippen molar-refractivity contribution in [3.8, 4) is 11.5 Å². The summed E-state index contributed by atoms with van der Waals surface area (Å²) in [4.78, 5) is 4.12. The molecule has 1 unspecified atom stereocenters. The first kappa shape index (κ1) is 14.4. The van der Waals surface area contributed by atoms with Crippen LogP contribution in [0.4, 0.5) is 4.39 Å². The van der Waals surface area contributed by atoms with Crippen molar-refractivity contribution in [1.29, 1.82) is 0 Å². The molecule has 112 valence electrons. The molecule has 0 saturated heterocycles. The van der Waals surface area contributed by atoms with Gasteiger partial charge in [-0.05, 0) is 31.4 Å². The minimum Gasteiger partial charge on any atom is -0.376 e. The number of ether oxygens (including phenoxy) is 1. The van der Waals surface area contributed by atoms with Crippen LogP contribution >= 0.6 is 11.6 Å². The van der Waals surface area contributed by atoms with Crippen LogP contribution in [0.3, 0.4) is 0 Å². The van der Waals surface area contributed by atoms with Gasteiger partial charge in [-0.1, -0.05) is 22.8 Å². The maximum Gasteiger partial charge on any atom is 0.262 e. The molecular weight excluding hydrogens is 297 g/mol. The summed E-state index contributed by atoms with van der Waals surface area (Å²) in [5.74, 6) is -0.215. The Kier molecular flexibility index (Phi) is 4.19. The molecule has 0 radical (unpaired) electrons. The number of nitrogens with two attached hydrogens (primary N) is 1. The Hall–Kier alpha value is -1.50. The molecule has 1 saturated carbocycles. The zero-order valence-corrected chi connectivity index (χ0v) is 12.0. The molecule has 1 aromatic carbocycles. The summed E-state index contributed by atoms with van der Waals surface area (Å²) < 4.78 is 24.5. The Balaban J connectivity index is 1.73. The fourth-order valence-corrected chi connectivity index (χ4v) is 2.28. The van der Waals surface area contributed by atoms with Crippen LogP contribution in [0.1, 0.15) is 31.1 Å². The zero-order valence-electron chi connectivity index (χ0n) is 11.3. The second-order valence-electron chi connectivity index (χ2n) is 5.05. The summed E-state index contributed by atoms with van der Waals surface area (Å²) in [6.45, 7) is 0.314. The van der Waals surface area contributed by atoms with E-state index in [-0.39, 0.29) is 28.4 Å². The molecule has 2 N–H and O–H groups in total.